The third-order valence-corrected chi connectivity index (χ3v) is 4.00. The second kappa shape index (κ2) is 9.49. The number of hydrogen-bond acceptors (Lipinski definition) is 7. The second-order valence-electron chi connectivity index (χ2n) is 8.06. The molecule has 0 aliphatic heterocycles. The van der Waals surface area contributed by atoms with Gasteiger partial charge in [0.15, 0.2) is 0 Å². The first kappa shape index (κ1) is 23.0. The first-order chi connectivity index (χ1) is 14.0. The summed E-state index contributed by atoms with van der Waals surface area (Å²) in [6, 6.07) is 5.82. The number of carbonyl (C=O) groups excluding carboxylic acids is 2. The maximum absolute atomic E-state index is 13.0. The predicted molar refractivity (Wildman–Crippen MR) is 111 cm³/mol. The molecule has 1 amide bonds. The highest BCUT2D eigenvalue weighted by Crippen LogP contribution is 2.16. The van der Waals surface area contributed by atoms with Gasteiger partial charge in [0.05, 0.1) is 22.4 Å². The van der Waals surface area contributed by atoms with Gasteiger partial charge in [-0.3, -0.25) is 19.7 Å². The fraction of sp³-hybridized carbons (Fsp3) is 0.450. The summed E-state index contributed by atoms with van der Waals surface area (Å²) in [5.74, 6) is -0.840. The minimum absolute atomic E-state index is 0.0329. The van der Waals surface area contributed by atoms with Crippen molar-refractivity contribution in [3.63, 3.8) is 0 Å². The maximum Gasteiger partial charge on any atom is 0.326 e. The van der Waals surface area contributed by atoms with Gasteiger partial charge in [-0.05, 0) is 47.0 Å². The molecule has 0 fully saturated rings. The molecule has 10 nitrogen and oxygen atoms in total. The number of benzene rings is 1. The Morgan fingerprint density at radius 1 is 1.17 bits per heavy atom. The molecule has 0 unspecified atom stereocenters. The molecule has 0 aliphatic rings. The smallest absolute Gasteiger partial charge is 0.326 e. The molecule has 0 saturated carbocycles. The highest BCUT2D eigenvalue weighted by atomic mass is 16.6. The van der Waals surface area contributed by atoms with E-state index in [1.165, 1.54) is 34.1 Å². The lowest BCUT2D eigenvalue weighted by Crippen LogP contribution is -2.41. The van der Waals surface area contributed by atoms with E-state index in [0.717, 1.165) is 0 Å². The third kappa shape index (κ3) is 6.66. The minimum Gasteiger partial charge on any atom is -0.459 e. The largest absolute Gasteiger partial charge is 0.459 e. The van der Waals surface area contributed by atoms with Crippen molar-refractivity contribution < 1.29 is 19.2 Å². The normalized spacial score (nSPS) is 11.4. The minimum atomic E-state index is -0.645. The Hall–Kier alpha value is -3.27. The van der Waals surface area contributed by atoms with E-state index in [0.29, 0.717) is 24.3 Å². The lowest BCUT2D eigenvalue weighted by Gasteiger charge is -2.26. The number of ether oxygens (including phenoxy) is 1. The Bertz CT molecular complexity index is 899. The molecule has 0 saturated heterocycles. The van der Waals surface area contributed by atoms with Crippen LogP contribution in [0.2, 0.25) is 0 Å². The van der Waals surface area contributed by atoms with Gasteiger partial charge in [0.1, 0.15) is 12.1 Å². The van der Waals surface area contributed by atoms with Crippen molar-refractivity contribution in [3.05, 3.63) is 52.3 Å². The Morgan fingerprint density at radius 3 is 2.33 bits per heavy atom. The molecular formula is C20H27N5O5. The number of rotatable bonds is 8. The molecule has 2 rings (SSSR count). The van der Waals surface area contributed by atoms with Gasteiger partial charge in [-0.2, -0.15) is 5.10 Å². The van der Waals surface area contributed by atoms with Crippen molar-refractivity contribution in [2.75, 3.05) is 33.7 Å². The summed E-state index contributed by atoms with van der Waals surface area (Å²) in [7, 11) is 3.76. The summed E-state index contributed by atoms with van der Waals surface area (Å²) in [6.07, 6.45) is 2.93. The molecule has 0 N–H and O–H groups in total. The van der Waals surface area contributed by atoms with Crippen LogP contribution in [0.1, 0.15) is 31.1 Å². The van der Waals surface area contributed by atoms with Crippen molar-refractivity contribution >= 4 is 17.6 Å². The van der Waals surface area contributed by atoms with Gasteiger partial charge in [-0.25, -0.2) is 4.68 Å². The van der Waals surface area contributed by atoms with Crippen LogP contribution in [-0.2, 0) is 9.53 Å². The number of non-ortho nitro benzene ring substituents is 1. The number of esters is 1. The first-order valence-electron chi connectivity index (χ1n) is 9.41. The maximum atomic E-state index is 13.0. The number of amides is 1. The lowest BCUT2D eigenvalue weighted by atomic mass is 10.2. The van der Waals surface area contributed by atoms with Crippen molar-refractivity contribution in [3.8, 4) is 5.69 Å². The topological polar surface area (TPSA) is 111 Å². The number of hydrogen-bond donors (Lipinski definition) is 0. The van der Waals surface area contributed by atoms with Gasteiger partial charge in [0.25, 0.3) is 11.6 Å². The third-order valence-electron chi connectivity index (χ3n) is 4.00. The van der Waals surface area contributed by atoms with Crippen LogP contribution < -0.4 is 0 Å². The van der Waals surface area contributed by atoms with Gasteiger partial charge in [-0.1, -0.05) is 0 Å². The Kier molecular flexibility index (Phi) is 7.28. The SMILES string of the molecule is CN(C)CCN(CC(=O)OC(C)(C)C)C(=O)c1cnn(-c2ccc([N+](=O)[O-])cc2)c1. The van der Waals surface area contributed by atoms with Gasteiger partial charge in [0, 0.05) is 31.4 Å². The van der Waals surface area contributed by atoms with E-state index < -0.39 is 16.5 Å². The monoisotopic (exact) mass is 417 g/mol. The number of likely N-dealkylation sites (N-methyl/N-ethyl adjacent to an activating group) is 1. The van der Waals surface area contributed by atoms with Crippen LogP contribution in [-0.4, -0.2) is 75.7 Å². The lowest BCUT2D eigenvalue weighted by molar-refractivity contribution is -0.384. The Labute approximate surface area is 175 Å². The van der Waals surface area contributed by atoms with E-state index in [-0.39, 0.29) is 18.1 Å². The fourth-order valence-corrected chi connectivity index (χ4v) is 2.59. The summed E-state index contributed by atoms with van der Waals surface area (Å²) in [4.78, 5) is 38.9. The van der Waals surface area contributed by atoms with E-state index in [1.807, 2.05) is 19.0 Å². The molecule has 2 aromatic rings. The van der Waals surface area contributed by atoms with Gasteiger partial charge in [0.2, 0.25) is 0 Å². The average Bonchev–Trinajstić information content (AvgIpc) is 3.13. The molecule has 0 radical (unpaired) electrons. The van der Waals surface area contributed by atoms with Gasteiger partial charge < -0.3 is 14.5 Å². The Morgan fingerprint density at radius 2 is 1.80 bits per heavy atom. The van der Waals surface area contributed by atoms with E-state index in [4.69, 9.17) is 4.74 Å². The summed E-state index contributed by atoms with van der Waals surface area (Å²) in [6.45, 7) is 6.05. The van der Waals surface area contributed by atoms with Crippen LogP contribution in [0.4, 0.5) is 5.69 Å². The molecule has 0 spiro atoms. The van der Waals surface area contributed by atoms with Crippen LogP contribution in [0.15, 0.2) is 36.7 Å². The molecular weight excluding hydrogens is 390 g/mol. The fourth-order valence-electron chi connectivity index (χ4n) is 2.59. The second-order valence-corrected chi connectivity index (χ2v) is 8.06. The van der Waals surface area contributed by atoms with E-state index in [2.05, 4.69) is 5.10 Å². The molecule has 1 heterocycles. The standard InChI is InChI=1S/C20H27N5O5/c1-20(2,3)30-18(26)14-23(11-10-22(4)5)19(27)15-12-21-24(13-15)16-6-8-17(9-7-16)25(28)29/h6-9,12-13H,10-11,14H2,1-5H3. The zero-order chi connectivity index (χ0) is 22.5. The molecule has 0 bridgehead atoms. The number of nitro benzene ring substituents is 1. The van der Waals surface area contributed by atoms with Crippen molar-refractivity contribution in [2.45, 2.75) is 26.4 Å². The summed E-state index contributed by atoms with van der Waals surface area (Å²) < 4.78 is 6.80. The number of nitro groups is 1. The first-order valence-corrected chi connectivity index (χ1v) is 9.41. The van der Waals surface area contributed by atoms with Gasteiger partial charge >= 0.3 is 5.97 Å². The quantitative estimate of drug-likeness (QED) is 0.367. The highest BCUT2D eigenvalue weighted by molar-refractivity contribution is 5.95. The zero-order valence-corrected chi connectivity index (χ0v) is 17.9. The summed E-state index contributed by atoms with van der Waals surface area (Å²) >= 11 is 0. The number of aromatic nitrogens is 2. The molecule has 162 valence electrons. The van der Waals surface area contributed by atoms with Crippen LogP contribution >= 0.6 is 0 Å². The molecule has 10 heteroatoms. The van der Waals surface area contributed by atoms with Crippen LogP contribution in [0.25, 0.3) is 5.69 Å². The van der Waals surface area contributed by atoms with E-state index in [9.17, 15) is 19.7 Å². The molecule has 30 heavy (non-hydrogen) atoms. The van der Waals surface area contributed by atoms with Crippen molar-refractivity contribution in [1.82, 2.24) is 19.6 Å². The van der Waals surface area contributed by atoms with Crippen molar-refractivity contribution in [2.24, 2.45) is 0 Å². The molecule has 0 aliphatic carbocycles. The summed E-state index contributed by atoms with van der Waals surface area (Å²) in [5.41, 5.74) is 0.200. The van der Waals surface area contributed by atoms with Gasteiger partial charge in [-0.15, -0.1) is 0 Å². The van der Waals surface area contributed by atoms with Crippen LogP contribution in [0, 0.1) is 10.1 Å². The van der Waals surface area contributed by atoms with E-state index in [1.54, 1.807) is 32.9 Å². The van der Waals surface area contributed by atoms with Crippen LogP contribution in [0.3, 0.4) is 0 Å². The average molecular weight is 417 g/mol. The summed E-state index contributed by atoms with van der Waals surface area (Å²) in [5, 5.41) is 15.0. The highest BCUT2D eigenvalue weighted by Gasteiger charge is 2.24. The Balaban J connectivity index is 2.18. The number of carbonyl (C=O) groups is 2. The number of nitrogens with zero attached hydrogens (tertiary/aromatic N) is 5. The molecule has 0 atom stereocenters. The molecule has 1 aromatic heterocycles. The predicted octanol–water partition coefficient (Wildman–Crippen LogP) is 2.13. The van der Waals surface area contributed by atoms with Crippen LogP contribution in [0.5, 0.6) is 0 Å². The van der Waals surface area contributed by atoms with Crippen molar-refractivity contribution in [1.29, 1.82) is 0 Å². The van der Waals surface area contributed by atoms with E-state index >= 15 is 0 Å². The molecule has 1 aromatic carbocycles. The zero-order valence-electron chi connectivity index (χ0n) is 17.9.